The summed E-state index contributed by atoms with van der Waals surface area (Å²) in [5, 5.41) is 5.62. The molecule has 152 valence electrons. The van der Waals surface area contributed by atoms with Gasteiger partial charge in [-0.05, 0) is 48.4 Å². The van der Waals surface area contributed by atoms with Gasteiger partial charge in [0.15, 0.2) is 0 Å². The number of methoxy groups -OCH3 is 1. The zero-order valence-electron chi connectivity index (χ0n) is 16.6. The van der Waals surface area contributed by atoms with Crippen LogP contribution < -0.4 is 20.3 Å². The van der Waals surface area contributed by atoms with E-state index in [4.69, 9.17) is 4.74 Å². The van der Waals surface area contributed by atoms with Crippen LogP contribution >= 0.6 is 0 Å². The van der Waals surface area contributed by atoms with Gasteiger partial charge in [0.05, 0.1) is 13.0 Å². The second kappa shape index (κ2) is 9.23. The van der Waals surface area contributed by atoms with Crippen LogP contribution in [0.1, 0.15) is 18.9 Å². The third-order valence-electron chi connectivity index (χ3n) is 4.87. The quantitative estimate of drug-likeness (QED) is 0.753. The van der Waals surface area contributed by atoms with E-state index < -0.39 is 0 Å². The fraction of sp³-hybridized carbons (Fsp3) is 0.318. The number of nitrogens with one attached hydrogen (secondary N) is 2. The molecule has 1 atom stereocenters. The van der Waals surface area contributed by atoms with Crippen molar-refractivity contribution >= 4 is 29.1 Å². The summed E-state index contributed by atoms with van der Waals surface area (Å²) in [6, 6.07) is 14.7. The van der Waals surface area contributed by atoms with E-state index in [0.29, 0.717) is 25.2 Å². The minimum absolute atomic E-state index is 0.0763. The number of benzene rings is 2. The van der Waals surface area contributed by atoms with E-state index in [-0.39, 0.29) is 30.1 Å². The van der Waals surface area contributed by atoms with Gasteiger partial charge in [-0.2, -0.15) is 0 Å². The van der Waals surface area contributed by atoms with Gasteiger partial charge in [0, 0.05) is 37.8 Å². The molecule has 0 spiro atoms. The van der Waals surface area contributed by atoms with Gasteiger partial charge in [0.1, 0.15) is 5.75 Å². The Kier molecular flexibility index (Phi) is 6.49. The molecule has 7 heteroatoms. The second-order valence-corrected chi connectivity index (χ2v) is 7.02. The predicted molar refractivity (Wildman–Crippen MR) is 111 cm³/mol. The molecule has 0 aliphatic carbocycles. The molecule has 0 bridgehead atoms. The number of hydrogen-bond donors (Lipinski definition) is 2. The summed E-state index contributed by atoms with van der Waals surface area (Å²) in [6.07, 6.45) is 0.909. The van der Waals surface area contributed by atoms with Crippen LogP contribution in [0.3, 0.4) is 0 Å². The smallest absolute Gasteiger partial charge is 0.227 e. The van der Waals surface area contributed by atoms with Crippen molar-refractivity contribution in [3.8, 4) is 5.75 Å². The van der Waals surface area contributed by atoms with E-state index >= 15 is 0 Å². The van der Waals surface area contributed by atoms with Crippen LogP contribution in [-0.4, -0.2) is 37.9 Å². The van der Waals surface area contributed by atoms with Gasteiger partial charge in [-0.3, -0.25) is 14.4 Å². The molecule has 1 heterocycles. The van der Waals surface area contributed by atoms with Crippen LogP contribution in [-0.2, 0) is 20.8 Å². The zero-order valence-corrected chi connectivity index (χ0v) is 16.6. The van der Waals surface area contributed by atoms with Crippen LogP contribution in [0.25, 0.3) is 0 Å². The first kappa shape index (κ1) is 20.4. The lowest BCUT2D eigenvalue weighted by Gasteiger charge is -2.17. The van der Waals surface area contributed by atoms with Crippen molar-refractivity contribution in [2.24, 2.45) is 5.92 Å². The Morgan fingerprint density at radius 1 is 1.10 bits per heavy atom. The highest BCUT2D eigenvalue weighted by atomic mass is 16.5. The second-order valence-electron chi connectivity index (χ2n) is 7.02. The first-order chi connectivity index (χ1) is 14.0. The van der Waals surface area contributed by atoms with Crippen molar-refractivity contribution in [3.05, 3.63) is 54.1 Å². The van der Waals surface area contributed by atoms with Crippen LogP contribution in [0, 0.1) is 5.92 Å². The van der Waals surface area contributed by atoms with Gasteiger partial charge in [0.2, 0.25) is 17.7 Å². The number of anilines is 2. The molecule has 2 N–H and O–H groups in total. The maximum absolute atomic E-state index is 12.5. The van der Waals surface area contributed by atoms with E-state index in [9.17, 15) is 14.4 Å². The van der Waals surface area contributed by atoms with Gasteiger partial charge >= 0.3 is 0 Å². The molecule has 2 aromatic carbocycles. The fourth-order valence-electron chi connectivity index (χ4n) is 3.33. The summed E-state index contributed by atoms with van der Waals surface area (Å²) in [5.41, 5.74) is 2.49. The molecule has 1 aliphatic rings. The molecule has 1 saturated heterocycles. The lowest BCUT2D eigenvalue weighted by Crippen LogP contribution is -2.34. The van der Waals surface area contributed by atoms with Gasteiger partial charge in [-0.15, -0.1) is 0 Å². The number of amides is 3. The number of carbonyl (C=O) groups is 3. The molecule has 1 fully saturated rings. The van der Waals surface area contributed by atoms with Gasteiger partial charge < -0.3 is 20.3 Å². The van der Waals surface area contributed by atoms with Crippen molar-refractivity contribution in [1.29, 1.82) is 0 Å². The summed E-state index contributed by atoms with van der Waals surface area (Å²) < 4.78 is 5.13. The van der Waals surface area contributed by atoms with E-state index in [1.165, 1.54) is 6.92 Å². The average Bonchev–Trinajstić information content (AvgIpc) is 3.10. The molecule has 3 rings (SSSR count). The van der Waals surface area contributed by atoms with Gasteiger partial charge in [-0.1, -0.05) is 12.1 Å². The van der Waals surface area contributed by atoms with Crippen molar-refractivity contribution in [1.82, 2.24) is 5.32 Å². The predicted octanol–water partition coefficient (Wildman–Crippen LogP) is 2.37. The van der Waals surface area contributed by atoms with Crippen molar-refractivity contribution < 1.29 is 19.1 Å². The highest BCUT2D eigenvalue weighted by Gasteiger charge is 2.34. The van der Waals surface area contributed by atoms with Gasteiger partial charge in [0.25, 0.3) is 0 Å². The van der Waals surface area contributed by atoms with Crippen LogP contribution in [0.4, 0.5) is 11.4 Å². The summed E-state index contributed by atoms with van der Waals surface area (Å²) in [4.78, 5) is 37.6. The molecular formula is C22H25N3O4. The molecule has 29 heavy (non-hydrogen) atoms. The Hall–Kier alpha value is -3.35. The monoisotopic (exact) mass is 395 g/mol. The Labute approximate surface area is 170 Å². The maximum atomic E-state index is 12.5. The molecule has 0 saturated carbocycles. The molecule has 3 amide bonds. The lowest BCUT2D eigenvalue weighted by atomic mass is 10.1. The van der Waals surface area contributed by atoms with Crippen LogP contribution in [0.5, 0.6) is 5.75 Å². The van der Waals surface area contributed by atoms with Gasteiger partial charge in [-0.25, -0.2) is 0 Å². The summed E-state index contributed by atoms with van der Waals surface area (Å²) in [5.74, 6) is 0.0963. The number of rotatable bonds is 7. The van der Waals surface area contributed by atoms with E-state index in [1.807, 2.05) is 24.3 Å². The first-order valence-corrected chi connectivity index (χ1v) is 9.55. The standard InChI is InChI=1S/C22H25N3O4/c1-15(26)24-18-5-7-19(8-6-18)25-14-17(13-21(25)27)22(28)23-12-11-16-3-9-20(29-2)10-4-16/h3-10,17H,11-14H2,1-2H3,(H,23,28)(H,24,26). The number of nitrogens with zero attached hydrogens (tertiary/aromatic N) is 1. The van der Waals surface area contributed by atoms with Crippen LogP contribution in [0.2, 0.25) is 0 Å². The Balaban J connectivity index is 1.50. The van der Waals surface area contributed by atoms with E-state index in [1.54, 1.807) is 36.3 Å². The maximum Gasteiger partial charge on any atom is 0.227 e. The normalized spacial score (nSPS) is 15.9. The van der Waals surface area contributed by atoms with E-state index in [2.05, 4.69) is 10.6 Å². The SMILES string of the molecule is COc1ccc(CCNC(=O)C2CC(=O)N(c3ccc(NC(C)=O)cc3)C2)cc1. The number of ether oxygens (including phenoxy) is 1. The molecule has 1 aliphatic heterocycles. The molecule has 2 aromatic rings. The van der Waals surface area contributed by atoms with E-state index in [0.717, 1.165) is 17.0 Å². The molecule has 0 radical (unpaired) electrons. The zero-order chi connectivity index (χ0) is 20.8. The Morgan fingerprint density at radius 3 is 2.41 bits per heavy atom. The third kappa shape index (κ3) is 5.34. The topological polar surface area (TPSA) is 87.7 Å². The lowest BCUT2D eigenvalue weighted by molar-refractivity contribution is -0.126. The fourth-order valence-corrected chi connectivity index (χ4v) is 3.33. The van der Waals surface area contributed by atoms with Crippen LogP contribution in [0.15, 0.2) is 48.5 Å². The summed E-state index contributed by atoms with van der Waals surface area (Å²) in [7, 11) is 1.62. The largest absolute Gasteiger partial charge is 0.497 e. The Morgan fingerprint density at radius 2 is 1.79 bits per heavy atom. The van der Waals surface area contributed by atoms with Crippen molar-refractivity contribution in [2.75, 3.05) is 30.4 Å². The molecular weight excluding hydrogens is 370 g/mol. The minimum atomic E-state index is -0.367. The Bertz CT molecular complexity index is 878. The highest BCUT2D eigenvalue weighted by Crippen LogP contribution is 2.26. The minimum Gasteiger partial charge on any atom is -0.497 e. The molecule has 1 unspecified atom stereocenters. The first-order valence-electron chi connectivity index (χ1n) is 9.55. The molecule has 7 nitrogen and oxygen atoms in total. The molecule has 0 aromatic heterocycles. The van der Waals surface area contributed by atoms with Crippen molar-refractivity contribution in [2.45, 2.75) is 19.8 Å². The van der Waals surface area contributed by atoms with Crippen molar-refractivity contribution in [3.63, 3.8) is 0 Å². The summed E-state index contributed by atoms with van der Waals surface area (Å²) >= 11 is 0. The number of carbonyl (C=O) groups excluding carboxylic acids is 3. The summed E-state index contributed by atoms with van der Waals surface area (Å²) in [6.45, 7) is 2.31. The number of hydrogen-bond acceptors (Lipinski definition) is 4. The highest BCUT2D eigenvalue weighted by molar-refractivity contribution is 6.00. The third-order valence-corrected chi connectivity index (χ3v) is 4.87. The average molecular weight is 395 g/mol.